The van der Waals surface area contributed by atoms with Crippen molar-refractivity contribution in [2.75, 3.05) is 6.54 Å². The van der Waals surface area contributed by atoms with Crippen molar-refractivity contribution < 1.29 is 9.18 Å². The first-order valence-corrected chi connectivity index (χ1v) is 7.53. The number of halogens is 2. The van der Waals surface area contributed by atoms with Gasteiger partial charge in [0.1, 0.15) is 5.82 Å². The highest BCUT2D eigenvalue weighted by Gasteiger charge is 2.27. The first-order valence-electron chi connectivity index (χ1n) is 6.73. The monoisotopic (exact) mass is 327 g/mol. The fraction of sp³-hybridized carbons (Fsp3) is 0.533. The molecule has 0 unspecified atom stereocenters. The summed E-state index contributed by atoms with van der Waals surface area (Å²) in [6.07, 6.45) is 6.07. The zero-order valence-electron chi connectivity index (χ0n) is 11.1. The Bertz CT molecular complexity index is 469. The summed E-state index contributed by atoms with van der Waals surface area (Å²) in [4.78, 5) is 12.0. The molecule has 1 saturated carbocycles. The molecule has 104 valence electrons. The van der Waals surface area contributed by atoms with E-state index in [1.807, 2.05) is 0 Å². The number of hydrogen-bond donors (Lipinski definition) is 1. The fourth-order valence-corrected chi connectivity index (χ4v) is 2.86. The molecule has 1 fully saturated rings. The number of carbonyl (C=O) groups is 1. The summed E-state index contributed by atoms with van der Waals surface area (Å²) < 4.78 is 13.8. The normalized spacial score (nSPS) is 18.1. The third-order valence-corrected chi connectivity index (χ3v) is 4.56. The smallest absolute Gasteiger partial charge is 0.251 e. The van der Waals surface area contributed by atoms with Crippen LogP contribution in [0, 0.1) is 11.2 Å². The Balaban J connectivity index is 1.95. The number of hydrogen-bond acceptors (Lipinski definition) is 1. The van der Waals surface area contributed by atoms with Gasteiger partial charge in [-0.1, -0.05) is 26.2 Å². The van der Waals surface area contributed by atoms with Crippen LogP contribution in [0.1, 0.15) is 49.4 Å². The zero-order chi connectivity index (χ0) is 13.9. The van der Waals surface area contributed by atoms with E-state index in [1.54, 1.807) is 12.1 Å². The maximum atomic E-state index is 13.4. The molecule has 0 heterocycles. The molecule has 1 aliphatic carbocycles. The van der Waals surface area contributed by atoms with Gasteiger partial charge in [0.05, 0.1) is 4.47 Å². The lowest BCUT2D eigenvalue weighted by Crippen LogP contribution is -2.37. The fourth-order valence-electron chi connectivity index (χ4n) is 2.62. The third kappa shape index (κ3) is 3.78. The zero-order valence-corrected chi connectivity index (χ0v) is 12.7. The van der Waals surface area contributed by atoms with Crippen molar-refractivity contribution in [1.29, 1.82) is 0 Å². The Morgan fingerprint density at radius 1 is 1.37 bits per heavy atom. The van der Waals surface area contributed by atoms with Crippen LogP contribution in [0.4, 0.5) is 4.39 Å². The minimum atomic E-state index is -0.406. The Kier molecular flexibility index (Phi) is 4.61. The predicted octanol–water partition coefficient (Wildman–Crippen LogP) is 4.29. The van der Waals surface area contributed by atoms with Gasteiger partial charge >= 0.3 is 0 Å². The van der Waals surface area contributed by atoms with Gasteiger partial charge in [-0.15, -0.1) is 0 Å². The van der Waals surface area contributed by atoms with Gasteiger partial charge in [-0.25, -0.2) is 4.39 Å². The molecule has 0 aromatic heterocycles. The van der Waals surface area contributed by atoms with Crippen LogP contribution < -0.4 is 5.32 Å². The van der Waals surface area contributed by atoms with E-state index in [-0.39, 0.29) is 11.3 Å². The average molecular weight is 328 g/mol. The largest absolute Gasteiger partial charge is 0.351 e. The van der Waals surface area contributed by atoms with Crippen LogP contribution in [-0.2, 0) is 0 Å². The molecule has 0 radical (unpaired) electrons. The highest BCUT2D eigenvalue weighted by molar-refractivity contribution is 9.10. The Morgan fingerprint density at radius 3 is 2.68 bits per heavy atom. The third-order valence-electron chi connectivity index (χ3n) is 3.92. The molecule has 1 aromatic rings. The minimum absolute atomic E-state index is 0.196. The van der Waals surface area contributed by atoms with E-state index in [0.717, 1.165) is 12.8 Å². The van der Waals surface area contributed by atoms with Crippen molar-refractivity contribution in [3.05, 3.63) is 34.1 Å². The van der Waals surface area contributed by atoms with Crippen LogP contribution in [0.25, 0.3) is 0 Å². The van der Waals surface area contributed by atoms with Crippen LogP contribution in [-0.4, -0.2) is 12.5 Å². The highest BCUT2D eigenvalue weighted by atomic mass is 79.9. The molecule has 2 rings (SSSR count). The van der Waals surface area contributed by atoms with Gasteiger partial charge in [-0.3, -0.25) is 4.79 Å². The maximum Gasteiger partial charge on any atom is 0.251 e. The number of rotatable bonds is 3. The van der Waals surface area contributed by atoms with Gasteiger partial charge in [0, 0.05) is 12.1 Å². The van der Waals surface area contributed by atoms with Gasteiger partial charge in [0.15, 0.2) is 0 Å². The Morgan fingerprint density at radius 2 is 2.05 bits per heavy atom. The summed E-state index contributed by atoms with van der Waals surface area (Å²) >= 11 is 3.08. The molecular formula is C15H19BrFNO. The molecule has 0 bridgehead atoms. The van der Waals surface area contributed by atoms with E-state index in [1.165, 1.54) is 25.3 Å². The summed E-state index contributed by atoms with van der Waals surface area (Å²) in [7, 11) is 0. The van der Waals surface area contributed by atoms with E-state index in [4.69, 9.17) is 0 Å². The van der Waals surface area contributed by atoms with E-state index in [9.17, 15) is 9.18 Å². The highest BCUT2D eigenvalue weighted by Crippen LogP contribution is 2.34. The van der Waals surface area contributed by atoms with E-state index < -0.39 is 5.82 Å². The van der Waals surface area contributed by atoms with Crippen molar-refractivity contribution in [3.63, 3.8) is 0 Å². The molecule has 1 amide bonds. The first kappa shape index (κ1) is 14.5. The van der Waals surface area contributed by atoms with Gasteiger partial charge in [-0.2, -0.15) is 0 Å². The summed E-state index contributed by atoms with van der Waals surface area (Å²) in [5.74, 6) is -0.602. The SMILES string of the molecule is CC1(CNC(=O)c2ccc(Br)c(F)c2)CCCCC1. The van der Waals surface area contributed by atoms with Crippen molar-refractivity contribution in [1.82, 2.24) is 5.32 Å². The molecule has 1 aliphatic rings. The Labute approximate surface area is 121 Å². The second-order valence-electron chi connectivity index (χ2n) is 5.68. The van der Waals surface area contributed by atoms with E-state index in [2.05, 4.69) is 28.2 Å². The summed E-state index contributed by atoms with van der Waals surface area (Å²) in [5.41, 5.74) is 0.571. The number of amides is 1. The van der Waals surface area contributed by atoms with Crippen molar-refractivity contribution in [3.8, 4) is 0 Å². The molecule has 0 aliphatic heterocycles. The maximum absolute atomic E-state index is 13.4. The van der Waals surface area contributed by atoms with Gasteiger partial charge in [0.25, 0.3) is 5.91 Å². The second-order valence-corrected chi connectivity index (χ2v) is 6.54. The second kappa shape index (κ2) is 6.04. The molecule has 1 N–H and O–H groups in total. The van der Waals surface area contributed by atoms with Crippen LogP contribution in [0.2, 0.25) is 0 Å². The van der Waals surface area contributed by atoms with Crippen LogP contribution in [0.5, 0.6) is 0 Å². The van der Waals surface area contributed by atoms with Crippen LogP contribution in [0.3, 0.4) is 0 Å². The summed E-state index contributed by atoms with van der Waals surface area (Å²) in [6, 6.07) is 4.46. The number of benzene rings is 1. The number of nitrogens with one attached hydrogen (secondary N) is 1. The number of carbonyl (C=O) groups excluding carboxylic acids is 1. The minimum Gasteiger partial charge on any atom is -0.351 e. The van der Waals surface area contributed by atoms with Gasteiger partial charge in [0.2, 0.25) is 0 Å². The van der Waals surface area contributed by atoms with E-state index in [0.29, 0.717) is 16.6 Å². The van der Waals surface area contributed by atoms with Crippen molar-refractivity contribution in [2.24, 2.45) is 5.41 Å². The molecular weight excluding hydrogens is 309 g/mol. The topological polar surface area (TPSA) is 29.1 Å². The molecule has 19 heavy (non-hydrogen) atoms. The predicted molar refractivity (Wildman–Crippen MR) is 77.6 cm³/mol. The van der Waals surface area contributed by atoms with Crippen molar-refractivity contribution >= 4 is 21.8 Å². The summed E-state index contributed by atoms with van der Waals surface area (Å²) in [6.45, 7) is 2.89. The molecule has 1 aromatic carbocycles. The molecule has 0 spiro atoms. The standard InChI is InChI=1S/C15H19BrFNO/c1-15(7-3-2-4-8-15)10-18-14(19)11-5-6-12(16)13(17)9-11/h5-6,9H,2-4,7-8,10H2,1H3,(H,18,19). The molecule has 4 heteroatoms. The Hall–Kier alpha value is -0.900. The van der Waals surface area contributed by atoms with Crippen LogP contribution in [0.15, 0.2) is 22.7 Å². The lowest BCUT2D eigenvalue weighted by Gasteiger charge is -2.33. The van der Waals surface area contributed by atoms with Gasteiger partial charge in [-0.05, 0) is 52.4 Å². The summed E-state index contributed by atoms with van der Waals surface area (Å²) in [5, 5.41) is 2.93. The van der Waals surface area contributed by atoms with Crippen molar-refractivity contribution in [2.45, 2.75) is 39.0 Å². The first-order chi connectivity index (χ1) is 9.00. The molecule has 2 nitrogen and oxygen atoms in total. The lowest BCUT2D eigenvalue weighted by molar-refractivity contribution is 0.0918. The van der Waals surface area contributed by atoms with E-state index >= 15 is 0 Å². The lowest BCUT2D eigenvalue weighted by atomic mass is 9.76. The van der Waals surface area contributed by atoms with Crippen LogP contribution >= 0.6 is 15.9 Å². The quantitative estimate of drug-likeness (QED) is 0.881. The molecule has 0 saturated heterocycles. The molecule has 0 atom stereocenters. The average Bonchev–Trinajstić information content (AvgIpc) is 2.40. The van der Waals surface area contributed by atoms with Gasteiger partial charge < -0.3 is 5.32 Å².